The monoisotopic (exact) mass is 273 g/mol. The number of aryl methyl sites for hydroxylation is 1. The molecule has 0 aliphatic heterocycles. The highest BCUT2D eigenvalue weighted by Gasteiger charge is 2.12. The summed E-state index contributed by atoms with van der Waals surface area (Å²) < 4.78 is 5.18. The van der Waals surface area contributed by atoms with E-state index in [1.165, 1.54) is 0 Å². The van der Waals surface area contributed by atoms with Crippen molar-refractivity contribution in [2.45, 2.75) is 25.3 Å². The van der Waals surface area contributed by atoms with Crippen LogP contribution in [0.1, 0.15) is 17.7 Å². The van der Waals surface area contributed by atoms with Gasteiger partial charge in [0.15, 0.2) is 0 Å². The first-order chi connectivity index (χ1) is 9.78. The van der Waals surface area contributed by atoms with Gasteiger partial charge in [-0.1, -0.05) is 30.3 Å². The van der Waals surface area contributed by atoms with Gasteiger partial charge in [-0.25, -0.2) is 0 Å². The average molecular weight is 273 g/mol. The van der Waals surface area contributed by atoms with Crippen molar-refractivity contribution in [1.82, 2.24) is 5.32 Å². The van der Waals surface area contributed by atoms with Crippen molar-refractivity contribution in [2.24, 2.45) is 0 Å². The van der Waals surface area contributed by atoms with Crippen molar-refractivity contribution >= 4 is 5.91 Å². The van der Waals surface area contributed by atoms with E-state index in [2.05, 4.69) is 5.32 Å². The zero-order valence-corrected chi connectivity index (χ0v) is 11.3. The Morgan fingerprint density at radius 2 is 2.00 bits per heavy atom. The van der Waals surface area contributed by atoms with Crippen LogP contribution in [0.4, 0.5) is 0 Å². The lowest BCUT2D eigenvalue weighted by atomic mass is 10.1. The van der Waals surface area contributed by atoms with E-state index in [0.717, 1.165) is 11.3 Å². The number of carbonyl (C=O) groups excluding carboxylic acids is 1. The molecule has 2 rings (SSSR count). The van der Waals surface area contributed by atoms with E-state index in [4.69, 9.17) is 4.42 Å². The Morgan fingerprint density at radius 1 is 1.20 bits per heavy atom. The summed E-state index contributed by atoms with van der Waals surface area (Å²) in [5, 5.41) is 12.2. The minimum Gasteiger partial charge on any atom is -0.469 e. The van der Waals surface area contributed by atoms with Crippen LogP contribution >= 0.6 is 0 Å². The molecule has 1 atom stereocenters. The molecule has 1 aromatic carbocycles. The van der Waals surface area contributed by atoms with Crippen LogP contribution in [0.2, 0.25) is 0 Å². The summed E-state index contributed by atoms with van der Waals surface area (Å²) in [4.78, 5) is 11.8. The number of hydrogen-bond acceptors (Lipinski definition) is 3. The molecule has 106 valence electrons. The number of hydrogen-bond donors (Lipinski definition) is 2. The number of aliphatic hydroxyl groups excluding tert-OH is 1. The summed E-state index contributed by atoms with van der Waals surface area (Å²) in [7, 11) is 0. The lowest BCUT2D eigenvalue weighted by Crippen LogP contribution is -2.39. The number of furan rings is 1. The quantitative estimate of drug-likeness (QED) is 0.810. The second-order valence-electron chi connectivity index (χ2n) is 4.72. The summed E-state index contributed by atoms with van der Waals surface area (Å²) in [6.07, 6.45) is 3.16. The summed E-state index contributed by atoms with van der Waals surface area (Å²) in [5.74, 6) is 0.722. The minimum atomic E-state index is -0.249. The van der Waals surface area contributed by atoms with Crippen molar-refractivity contribution < 1.29 is 14.3 Å². The highest BCUT2D eigenvalue weighted by molar-refractivity contribution is 5.76. The largest absolute Gasteiger partial charge is 0.469 e. The lowest BCUT2D eigenvalue weighted by molar-refractivity contribution is -0.122. The Hall–Kier alpha value is -2.07. The van der Waals surface area contributed by atoms with Gasteiger partial charge in [-0.15, -0.1) is 0 Å². The van der Waals surface area contributed by atoms with E-state index in [-0.39, 0.29) is 18.6 Å². The van der Waals surface area contributed by atoms with Gasteiger partial charge in [0.2, 0.25) is 5.91 Å². The Kier molecular flexibility index (Phi) is 5.38. The molecule has 0 radical (unpaired) electrons. The Morgan fingerprint density at radius 3 is 2.65 bits per heavy atom. The summed E-state index contributed by atoms with van der Waals surface area (Å²) in [5.41, 5.74) is 1.10. The molecule has 0 fully saturated rings. The molecule has 20 heavy (non-hydrogen) atoms. The Bertz CT molecular complexity index is 508. The molecule has 0 saturated heterocycles. The van der Waals surface area contributed by atoms with Crippen LogP contribution in [-0.2, 0) is 17.6 Å². The number of carbonyl (C=O) groups is 1. The molecule has 4 nitrogen and oxygen atoms in total. The predicted molar refractivity (Wildman–Crippen MR) is 76.2 cm³/mol. The number of aliphatic hydroxyl groups is 1. The molecule has 1 aromatic heterocycles. The van der Waals surface area contributed by atoms with E-state index in [1.807, 2.05) is 36.4 Å². The van der Waals surface area contributed by atoms with Gasteiger partial charge in [-0.05, 0) is 24.1 Å². The molecule has 4 heteroatoms. The van der Waals surface area contributed by atoms with Crippen LogP contribution in [-0.4, -0.2) is 23.7 Å². The zero-order valence-electron chi connectivity index (χ0n) is 11.3. The van der Waals surface area contributed by atoms with Crippen LogP contribution in [0.15, 0.2) is 53.1 Å². The van der Waals surface area contributed by atoms with Crippen molar-refractivity contribution in [1.29, 1.82) is 0 Å². The molecule has 2 aromatic rings. The highest BCUT2D eigenvalue weighted by Crippen LogP contribution is 2.05. The molecule has 0 bridgehead atoms. The second-order valence-corrected chi connectivity index (χ2v) is 4.72. The van der Waals surface area contributed by atoms with Crippen molar-refractivity contribution in [3.05, 3.63) is 60.1 Å². The summed E-state index contributed by atoms with van der Waals surface area (Å²) >= 11 is 0. The van der Waals surface area contributed by atoms with Crippen molar-refractivity contribution in [3.63, 3.8) is 0 Å². The van der Waals surface area contributed by atoms with Gasteiger partial charge in [-0.2, -0.15) is 0 Å². The molecule has 2 N–H and O–H groups in total. The third-order valence-corrected chi connectivity index (χ3v) is 3.09. The molecular weight excluding hydrogens is 254 g/mol. The van der Waals surface area contributed by atoms with Gasteiger partial charge in [0.1, 0.15) is 5.76 Å². The van der Waals surface area contributed by atoms with Crippen LogP contribution in [0.25, 0.3) is 0 Å². The fraction of sp³-hybridized carbons (Fsp3) is 0.312. The molecule has 0 aliphatic rings. The predicted octanol–water partition coefficient (Wildman–Crippen LogP) is 1.93. The SMILES string of the molecule is O=C(CCc1ccco1)NC(CO)Cc1ccccc1. The van der Waals surface area contributed by atoms with Crippen LogP contribution in [0.3, 0.4) is 0 Å². The standard InChI is InChI=1S/C16H19NO3/c18-12-14(11-13-5-2-1-3-6-13)17-16(19)9-8-15-7-4-10-20-15/h1-7,10,14,18H,8-9,11-12H2,(H,17,19). The van der Waals surface area contributed by atoms with E-state index < -0.39 is 0 Å². The van der Waals surface area contributed by atoms with Gasteiger partial charge in [0, 0.05) is 12.8 Å². The van der Waals surface area contributed by atoms with Crippen molar-refractivity contribution in [3.8, 4) is 0 Å². The highest BCUT2D eigenvalue weighted by atomic mass is 16.3. The molecular formula is C16H19NO3. The third-order valence-electron chi connectivity index (χ3n) is 3.09. The first kappa shape index (κ1) is 14.3. The Labute approximate surface area is 118 Å². The van der Waals surface area contributed by atoms with Gasteiger partial charge < -0.3 is 14.8 Å². The lowest BCUT2D eigenvalue weighted by Gasteiger charge is -2.16. The molecule has 0 aliphatic carbocycles. The maximum absolute atomic E-state index is 11.8. The van der Waals surface area contributed by atoms with Gasteiger partial charge in [0.05, 0.1) is 18.9 Å². The molecule has 0 saturated carbocycles. The van der Waals surface area contributed by atoms with Gasteiger partial charge >= 0.3 is 0 Å². The van der Waals surface area contributed by atoms with Gasteiger partial charge in [0.25, 0.3) is 0 Å². The maximum atomic E-state index is 11.8. The van der Waals surface area contributed by atoms with Crippen LogP contribution in [0, 0.1) is 0 Å². The number of nitrogens with one attached hydrogen (secondary N) is 1. The third kappa shape index (κ3) is 4.55. The maximum Gasteiger partial charge on any atom is 0.220 e. The van der Waals surface area contributed by atoms with E-state index in [1.54, 1.807) is 12.3 Å². The molecule has 1 unspecified atom stereocenters. The Balaban J connectivity index is 1.79. The van der Waals surface area contributed by atoms with E-state index >= 15 is 0 Å². The molecule has 1 amide bonds. The van der Waals surface area contributed by atoms with E-state index in [0.29, 0.717) is 19.3 Å². The fourth-order valence-electron chi connectivity index (χ4n) is 2.05. The normalized spacial score (nSPS) is 12.1. The smallest absolute Gasteiger partial charge is 0.220 e. The second kappa shape index (κ2) is 7.50. The minimum absolute atomic E-state index is 0.0681. The van der Waals surface area contributed by atoms with E-state index in [9.17, 15) is 9.90 Å². The average Bonchev–Trinajstić information content (AvgIpc) is 2.99. The summed E-state index contributed by atoms with van der Waals surface area (Å²) in [6.45, 7) is -0.0681. The van der Waals surface area contributed by atoms with Crippen molar-refractivity contribution in [2.75, 3.05) is 6.61 Å². The summed E-state index contributed by atoms with van der Waals surface area (Å²) in [6, 6.07) is 13.2. The van der Waals surface area contributed by atoms with Gasteiger partial charge in [-0.3, -0.25) is 4.79 Å². The number of amides is 1. The number of benzene rings is 1. The van der Waals surface area contributed by atoms with Crippen LogP contribution < -0.4 is 5.32 Å². The molecule has 0 spiro atoms. The molecule has 1 heterocycles. The number of rotatable bonds is 7. The first-order valence-corrected chi connectivity index (χ1v) is 6.74. The first-order valence-electron chi connectivity index (χ1n) is 6.74. The topological polar surface area (TPSA) is 62.5 Å². The zero-order chi connectivity index (χ0) is 14.2. The fourth-order valence-corrected chi connectivity index (χ4v) is 2.05. The van der Waals surface area contributed by atoms with Crippen LogP contribution in [0.5, 0.6) is 0 Å².